The number of benzene rings is 1. The van der Waals surface area contributed by atoms with Crippen LogP contribution in [-0.4, -0.2) is 66.1 Å². The molecule has 4 saturated carbocycles. The molecule has 0 N–H and O–H groups in total. The third-order valence-corrected chi connectivity index (χ3v) is 11.8. The van der Waals surface area contributed by atoms with E-state index in [0.717, 1.165) is 5.56 Å². The van der Waals surface area contributed by atoms with Crippen molar-refractivity contribution in [3.05, 3.63) is 54.1 Å². The van der Waals surface area contributed by atoms with E-state index in [4.69, 9.17) is 23.7 Å². The molecule has 258 valence electrons. The van der Waals surface area contributed by atoms with Crippen LogP contribution in [0.3, 0.4) is 0 Å². The van der Waals surface area contributed by atoms with E-state index in [0.29, 0.717) is 5.57 Å². The Morgan fingerprint density at radius 2 is 1.33 bits per heavy atom. The average molecular weight is 665 g/mol. The maximum Gasteiger partial charge on any atom is 0.331 e. The fourth-order valence-corrected chi connectivity index (χ4v) is 10.5. The summed E-state index contributed by atoms with van der Waals surface area (Å²) in [5.74, 6) is -5.07. The predicted octanol–water partition coefficient (Wildman–Crippen LogP) is 4.56. The Hall–Kier alpha value is -4.28. The van der Waals surface area contributed by atoms with Gasteiger partial charge in [0.2, 0.25) is 0 Å². The molecule has 4 aliphatic rings. The Kier molecular flexibility index (Phi) is 8.76. The smallest absolute Gasteiger partial charge is 0.331 e. The van der Waals surface area contributed by atoms with Gasteiger partial charge >= 0.3 is 29.8 Å². The lowest BCUT2D eigenvalue weighted by molar-refractivity contribution is -0.216. The lowest BCUT2D eigenvalue weighted by Gasteiger charge is -2.61. The van der Waals surface area contributed by atoms with Gasteiger partial charge in [-0.2, -0.15) is 0 Å². The second kappa shape index (κ2) is 12.0. The Labute approximate surface area is 280 Å². The van der Waals surface area contributed by atoms with Crippen LogP contribution >= 0.6 is 0 Å². The first kappa shape index (κ1) is 35.0. The van der Waals surface area contributed by atoms with E-state index in [-0.39, 0.29) is 18.6 Å². The normalized spacial score (nSPS) is 37.6. The summed E-state index contributed by atoms with van der Waals surface area (Å²) in [4.78, 5) is 79.2. The maximum atomic E-state index is 14.1. The van der Waals surface area contributed by atoms with E-state index >= 15 is 0 Å². The minimum atomic E-state index is -1.59. The monoisotopic (exact) mass is 664 g/mol. The number of esters is 5. The molecule has 1 aromatic carbocycles. The standard InChI is InChI=1S/C37H44O11/c1-19-27(42)17-26-31(45-22(4)39)37-20(2)28(48-30(43)16-15-25-13-11-10-12-14-25)18-29(44-21(3)38)35(37,9)32(46-23(5)40)33(47-24(6)41)36(19,37)34(26,7)8/h10-16,19,26,28-29,31-33H,2,17-18H2,1,3-9H3/b16-15+/t19-,26+,28+,29+,31-,32+,33+,35+,36+,37-/m1/s1. The summed E-state index contributed by atoms with van der Waals surface area (Å²) in [6, 6.07) is 9.14. The van der Waals surface area contributed by atoms with Crippen molar-refractivity contribution in [2.75, 3.05) is 0 Å². The van der Waals surface area contributed by atoms with Crippen molar-refractivity contribution in [1.82, 2.24) is 0 Å². The largest absolute Gasteiger partial charge is 0.462 e. The van der Waals surface area contributed by atoms with Crippen LogP contribution in [0.4, 0.5) is 0 Å². The van der Waals surface area contributed by atoms with E-state index in [1.165, 1.54) is 33.8 Å². The topological polar surface area (TPSA) is 149 Å². The van der Waals surface area contributed by atoms with E-state index in [9.17, 15) is 28.8 Å². The fraction of sp³-hybridized carbons (Fsp3) is 0.568. The van der Waals surface area contributed by atoms with Crippen LogP contribution in [0.15, 0.2) is 48.6 Å². The van der Waals surface area contributed by atoms with Crippen LogP contribution in [-0.2, 0) is 52.5 Å². The van der Waals surface area contributed by atoms with Gasteiger partial charge < -0.3 is 23.7 Å². The van der Waals surface area contributed by atoms with Crippen LogP contribution in [0.25, 0.3) is 6.08 Å². The Bertz CT molecular complexity index is 1590. The molecule has 0 aliphatic heterocycles. The molecular formula is C37H44O11. The Morgan fingerprint density at radius 1 is 0.792 bits per heavy atom. The van der Waals surface area contributed by atoms with Crippen LogP contribution in [0.2, 0.25) is 0 Å². The van der Waals surface area contributed by atoms with Crippen LogP contribution in [0, 0.1) is 33.5 Å². The second-order valence-corrected chi connectivity index (χ2v) is 14.3. The van der Waals surface area contributed by atoms with E-state index in [2.05, 4.69) is 6.58 Å². The van der Waals surface area contributed by atoms with Crippen molar-refractivity contribution >= 4 is 41.7 Å². The minimum Gasteiger partial charge on any atom is -0.462 e. The molecule has 4 aliphatic carbocycles. The van der Waals surface area contributed by atoms with Gasteiger partial charge in [-0.05, 0) is 22.6 Å². The van der Waals surface area contributed by atoms with Gasteiger partial charge in [-0.25, -0.2) is 4.79 Å². The highest BCUT2D eigenvalue weighted by Gasteiger charge is 2.94. The van der Waals surface area contributed by atoms with Crippen molar-refractivity contribution in [2.24, 2.45) is 33.5 Å². The summed E-state index contributed by atoms with van der Waals surface area (Å²) < 4.78 is 30.7. The summed E-state index contributed by atoms with van der Waals surface area (Å²) in [6.07, 6.45) is -3.12. The molecular weight excluding hydrogens is 620 g/mol. The average Bonchev–Trinajstić information content (AvgIpc) is 3.23. The molecule has 48 heavy (non-hydrogen) atoms. The van der Waals surface area contributed by atoms with Crippen molar-refractivity contribution in [2.45, 2.75) is 98.8 Å². The third-order valence-electron chi connectivity index (χ3n) is 11.8. The highest BCUT2D eigenvalue weighted by molar-refractivity contribution is 5.88. The molecule has 2 spiro atoms. The van der Waals surface area contributed by atoms with Crippen LogP contribution in [0.1, 0.15) is 73.8 Å². The molecule has 5 rings (SSSR count). The number of Topliss-reactive ketones (excluding diaryl/α,β-unsaturated/α-hetero) is 1. The van der Waals surface area contributed by atoms with Crippen molar-refractivity contribution in [3.63, 3.8) is 0 Å². The molecule has 11 nitrogen and oxygen atoms in total. The Balaban J connectivity index is 1.83. The zero-order valence-corrected chi connectivity index (χ0v) is 28.7. The molecule has 0 aromatic heterocycles. The quantitative estimate of drug-likeness (QED) is 0.175. The molecule has 4 fully saturated rings. The molecule has 0 saturated heterocycles. The van der Waals surface area contributed by atoms with Gasteiger partial charge in [0.15, 0.2) is 0 Å². The first-order valence-corrected chi connectivity index (χ1v) is 16.2. The molecule has 0 amide bonds. The van der Waals surface area contributed by atoms with Crippen LogP contribution < -0.4 is 0 Å². The first-order valence-electron chi connectivity index (χ1n) is 16.2. The van der Waals surface area contributed by atoms with E-state index in [1.807, 2.05) is 44.2 Å². The number of ketones is 1. The number of ether oxygens (including phenoxy) is 5. The van der Waals surface area contributed by atoms with Crippen molar-refractivity contribution in [1.29, 1.82) is 0 Å². The van der Waals surface area contributed by atoms with Gasteiger partial charge in [0.05, 0.1) is 10.8 Å². The molecule has 0 radical (unpaired) electrons. The number of carbonyl (C=O) groups excluding carboxylic acids is 6. The lowest BCUT2D eigenvalue weighted by atomic mass is 9.42. The van der Waals surface area contributed by atoms with Gasteiger partial charge in [0, 0.05) is 63.9 Å². The van der Waals surface area contributed by atoms with E-state index in [1.54, 1.807) is 19.9 Å². The summed E-state index contributed by atoms with van der Waals surface area (Å²) in [5.41, 5.74) is -4.42. The van der Waals surface area contributed by atoms with Crippen molar-refractivity contribution in [3.8, 4) is 0 Å². The van der Waals surface area contributed by atoms with Gasteiger partial charge in [-0.1, -0.05) is 64.6 Å². The summed E-state index contributed by atoms with van der Waals surface area (Å²) in [5, 5.41) is 0. The third kappa shape index (κ3) is 4.67. The second-order valence-electron chi connectivity index (χ2n) is 14.3. The first-order chi connectivity index (χ1) is 22.4. The van der Waals surface area contributed by atoms with E-state index < -0.39 is 93.9 Å². The molecule has 11 heteroatoms. The molecule has 0 heterocycles. The lowest BCUT2D eigenvalue weighted by Crippen LogP contribution is -2.67. The highest BCUT2D eigenvalue weighted by Crippen LogP contribution is 2.87. The number of carbonyl (C=O) groups is 6. The van der Waals surface area contributed by atoms with Gasteiger partial charge in [0.25, 0.3) is 0 Å². The minimum absolute atomic E-state index is 0.0342. The van der Waals surface area contributed by atoms with Gasteiger partial charge in [0.1, 0.15) is 36.3 Å². The zero-order valence-electron chi connectivity index (χ0n) is 28.7. The number of hydrogen-bond acceptors (Lipinski definition) is 11. The zero-order chi connectivity index (χ0) is 35.6. The highest BCUT2D eigenvalue weighted by atomic mass is 16.6. The van der Waals surface area contributed by atoms with Gasteiger partial charge in [-0.3, -0.25) is 24.0 Å². The predicted molar refractivity (Wildman–Crippen MR) is 170 cm³/mol. The summed E-state index contributed by atoms with van der Waals surface area (Å²) >= 11 is 0. The summed E-state index contributed by atoms with van der Waals surface area (Å²) in [6.45, 7) is 16.8. The number of hydrogen-bond donors (Lipinski definition) is 0. The summed E-state index contributed by atoms with van der Waals surface area (Å²) in [7, 11) is 0. The SMILES string of the molecule is C=C1[C@@H](OC(=O)/C=C/c2ccccc2)C[C@H](OC(C)=O)[C@@]2(C)[C@@H](OC(C)=O)[C@H](OC(C)=O)[C@]34[C@H](C)C(=O)C[C@@H]([C@@H](OC(C)=O)[C@]123)C4(C)C. The number of fused-ring (bicyclic) bond motifs is 1. The van der Waals surface area contributed by atoms with Crippen molar-refractivity contribution < 1.29 is 52.5 Å². The molecule has 0 unspecified atom stereocenters. The van der Waals surface area contributed by atoms with Gasteiger partial charge in [-0.15, -0.1) is 0 Å². The number of rotatable bonds is 7. The Morgan fingerprint density at radius 3 is 1.90 bits per heavy atom. The van der Waals surface area contributed by atoms with Crippen LogP contribution in [0.5, 0.6) is 0 Å². The molecule has 1 aromatic rings. The molecule has 2 bridgehead atoms. The molecule has 10 atom stereocenters. The maximum absolute atomic E-state index is 14.1. The fourth-order valence-electron chi connectivity index (χ4n) is 10.5.